The fourth-order valence-corrected chi connectivity index (χ4v) is 3.39. The number of para-hydroxylation sites is 1. The van der Waals surface area contributed by atoms with E-state index in [0.717, 1.165) is 51.5 Å². The number of nitrogens with zero attached hydrogens (tertiary/aromatic N) is 1. The van der Waals surface area contributed by atoms with Crippen molar-refractivity contribution in [2.24, 2.45) is 4.99 Å². The zero-order chi connectivity index (χ0) is 18.2. The lowest BCUT2D eigenvalue weighted by Gasteiger charge is -2.34. The van der Waals surface area contributed by atoms with Crippen LogP contribution in [0.3, 0.4) is 0 Å². The van der Waals surface area contributed by atoms with Crippen molar-refractivity contribution >= 4 is 16.9 Å². The molecule has 2 heterocycles. The lowest BCUT2D eigenvalue weighted by atomic mass is 9.94. The van der Waals surface area contributed by atoms with Gasteiger partial charge in [0, 0.05) is 63.4 Å². The maximum absolute atomic E-state index is 5.77. The minimum atomic E-state index is -0.197. The lowest BCUT2D eigenvalue weighted by molar-refractivity contribution is -0.0828. The summed E-state index contributed by atoms with van der Waals surface area (Å²) in [6.45, 7) is 5.88. The van der Waals surface area contributed by atoms with E-state index in [1.165, 1.54) is 16.5 Å². The molecule has 26 heavy (non-hydrogen) atoms. The van der Waals surface area contributed by atoms with Gasteiger partial charge < -0.3 is 25.1 Å². The molecule has 0 aliphatic carbocycles. The van der Waals surface area contributed by atoms with Crippen LogP contribution in [0.5, 0.6) is 0 Å². The van der Waals surface area contributed by atoms with Crippen molar-refractivity contribution in [1.29, 1.82) is 0 Å². The number of benzene rings is 1. The predicted octanol–water partition coefficient (Wildman–Crippen LogP) is 2.46. The summed E-state index contributed by atoms with van der Waals surface area (Å²) in [6.07, 6.45) is 4.82. The molecule has 1 aromatic heterocycles. The van der Waals surface area contributed by atoms with E-state index in [0.29, 0.717) is 6.54 Å². The number of ether oxygens (including phenoxy) is 2. The molecule has 1 saturated heterocycles. The minimum absolute atomic E-state index is 0.197. The van der Waals surface area contributed by atoms with Gasteiger partial charge >= 0.3 is 0 Å². The number of aliphatic imine (C=N–C) groups is 1. The number of aromatic amines is 1. The third kappa shape index (κ3) is 4.56. The summed E-state index contributed by atoms with van der Waals surface area (Å²) < 4.78 is 11.2. The Morgan fingerprint density at radius 3 is 2.85 bits per heavy atom. The van der Waals surface area contributed by atoms with Crippen LogP contribution < -0.4 is 10.6 Å². The zero-order valence-electron chi connectivity index (χ0n) is 15.8. The van der Waals surface area contributed by atoms with Crippen molar-refractivity contribution < 1.29 is 9.47 Å². The normalized spacial score (nSPS) is 17.4. The molecule has 0 atom stereocenters. The fraction of sp³-hybridized carbons (Fsp3) is 0.550. The van der Waals surface area contributed by atoms with Crippen LogP contribution in [0.25, 0.3) is 10.9 Å². The smallest absolute Gasteiger partial charge is 0.191 e. The summed E-state index contributed by atoms with van der Waals surface area (Å²) in [4.78, 5) is 8.10. The van der Waals surface area contributed by atoms with E-state index in [9.17, 15) is 0 Å². The zero-order valence-corrected chi connectivity index (χ0v) is 15.8. The Kier molecular flexibility index (Phi) is 6.52. The first kappa shape index (κ1) is 18.7. The van der Waals surface area contributed by atoms with Crippen LogP contribution in [0, 0.1) is 0 Å². The highest BCUT2D eigenvalue weighted by molar-refractivity contribution is 5.83. The molecule has 1 aromatic carbocycles. The molecule has 0 spiro atoms. The first-order valence-electron chi connectivity index (χ1n) is 9.46. The Bertz CT molecular complexity index is 719. The topological polar surface area (TPSA) is 70.7 Å². The van der Waals surface area contributed by atoms with Crippen LogP contribution in [0.4, 0.5) is 0 Å². The fourth-order valence-electron chi connectivity index (χ4n) is 3.39. The highest BCUT2D eigenvalue weighted by Gasteiger charge is 2.32. The standard InChI is InChI=1S/C20H30N4O2/c1-3-21-19(24-15-20(25-2)9-12-26-13-10-20)22-11-8-16-14-23-18-7-5-4-6-17(16)18/h4-7,14,23H,3,8-13,15H2,1-2H3,(H2,21,22,24). The number of hydrogen-bond donors (Lipinski definition) is 3. The van der Waals surface area contributed by atoms with Crippen molar-refractivity contribution in [1.82, 2.24) is 15.6 Å². The Labute approximate surface area is 155 Å². The maximum Gasteiger partial charge on any atom is 0.191 e. The average molecular weight is 358 g/mol. The Morgan fingerprint density at radius 1 is 1.27 bits per heavy atom. The SMILES string of the molecule is CCNC(=NCC1(OC)CCOCC1)NCCc1c[nH]c2ccccc12. The molecule has 1 aliphatic rings. The quantitative estimate of drug-likeness (QED) is 0.525. The molecule has 0 amide bonds. The number of H-pyrrole nitrogens is 1. The molecule has 0 bridgehead atoms. The van der Waals surface area contributed by atoms with Gasteiger partial charge in [-0.15, -0.1) is 0 Å². The monoisotopic (exact) mass is 358 g/mol. The summed E-state index contributed by atoms with van der Waals surface area (Å²) >= 11 is 0. The van der Waals surface area contributed by atoms with Gasteiger partial charge in [0.05, 0.1) is 12.1 Å². The van der Waals surface area contributed by atoms with Crippen LogP contribution >= 0.6 is 0 Å². The van der Waals surface area contributed by atoms with Crippen LogP contribution in [0.15, 0.2) is 35.5 Å². The molecule has 6 heteroatoms. The van der Waals surface area contributed by atoms with Crippen molar-refractivity contribution in [3.05, 3.63) is 36.0 Å². The Balaban J connectivity index is 1.57. The van der Waals surface area contributed by atoms with Crippen LogP contribution in [0.1, 0.15) is 25.3 Å². The van der Waals surface area contributed by atoms with Gasteiger partial charge in [-0.3, -0.25) is 4.99 Å². The average Bonchev–Trinajstić information content (AvgIpc) is 3.10. The van der Waals surface area contributed by atoms with Gasteiger partial charge in [0.2, 0.25) is 0 Å². The van der Waals surface area contributed by atoms with Crippen LogP contribution in [0.2, 0.25) is 0 Å². The van der Waals surface area contributed by atoms with Crippen molar-refractivity contribution in [2.45, 2.75) is 31.8 Å². The van der Waals surface area contributed by atoms with Gasteiger partial charge in [-0.05, 0) is 25.0 Å². The summed E-state index contributed by atoms with van der Waals surface area (Å²) in [5.74, 6) is 0.843. The summed E-state index contributed by atoms with van der Waals surface area (Å²) in [5.41, 5.74) is 2.31. The van der Waals surface area contributed by atoms with E-state index in [1.807, 2.05) is 0 Å². The third-order valence-electron chi connectivity index (χ3n) is 5.07. The molecule has 2 aromatic rings. The largest absolute Gasteiger partial charge is 0.381 e. The molecular weight excluding hydrogens is 328 g/mol. The number of nitrogens with one attached hydrogen (secondary N) is 3. The van der Waals surface area contributed by atoms with Gasteiger partial charge in [-0.2, -0.15) is 0 Å². The number of methoxy groups -OCH3 is 1. The predicted molar refractivity (Wildman–Crippen MR) is 106 cm³/mol. The van der Waals surface area contributed by atoms with E-state index in [2.05, 4.69) is 53.0 Å². The summed E-state index contributed by atoms with van der Waals surface area (Å²) in [5, 5.41) is 8.06. The lowest BCUT2D eigenvalue weighted by Crippen LogP contribution is -2.44. The maximum atomic E-state index is 5.77. The number of fused-ring (bicyclic) bond motifs is 1. The molecule has 1 aliphatic heterocycles. The van der Waals surface area contributed by atoms with Crippen molar-refractivity contribution in [3.63, 3.8) is 0 Å². The molecule has 0 radical (unpaired) electrons. The Morgan fingerprint density at radius 2 is 2.08 bits per heavy atom. The number of hydrogen-bond acceptors (Lipinski definition) is 3. The molecule has 6 nitrogen and oxygen atoms in total. The minimum Gasteiger partial charge on any atom is -0.381 e. The summed E-state index contributed by atoms with van der Waals surface area (Å²) in [7, 11) is 1.78. The second-order valence-corrected chi connectivity index (χ2v) is 6.73. The van der Waals surface area contributed by atoms with E-state index >= 15 is 0 Å². The highest BCUT2D eigenvalue weighted by Crippen LogP contribution is 2.24. The Hall–Kier alpha value is -2.05. The second kappa shape index (κ2) is 9.05. The summed E-state index contributed by atoms with van der Waals surface area (Å²) in [6, 6.07) is 8.40. The molecule has 0 saturated carbocycles. The van der Waals surface area contributed by atoms with E-state index in [4.69, 9.17) is 14.5 Å². The first-order chi connectivity index (χ1) is 12.8. The molecule has 3 N–H and O–H groups in total. The van der Waals surface area contributed by atoms with E-state index < -0.39 is 0 Å². The third-order valence-corrected chi connectivity index (χ3v) is 5.07. The van der Waals surface area contributed by atoms with Crippen LogP contribution in [-0.2, 0) is 15.9 Å². The molecule has 3 rings (SSSR count). The van der Waals surface area contributed by atoms with Gasteiger partial charge in [-0.25, -0.2) is 0 Å². The van der Waals surface area contributed by atoms with Gasteiger partial charge in [0.25, 0.3) is 0 Å². The molecule has 142 valence electrons. The van der Waals surface area contributed by atoms with Crippen molar-refractivity contribution in [2.75, 3.05) is 40.0 Å². The number of aromatic nitrogens is 1. The van der Waals surface area contributed by atoms with Gasteiger partial charge in [0.15, 0.2) is 5.96 Å². The molecule has 0 unspecified atom stereocenters. The van der Waals surface area contributed by atoms with E-state index in [1.54, 1.807) is 7.11 Å². The first-order valence-corrected chi connectivity index (χ1v) is 9.46. The van der Waals surface area contributed by atoms with Crippen molar-refractivity contribution in [3.8, 4) is 0 Å². The van der Waals surface area contributed by atoms with Gasteiger partial charge in [-0.1, -0.05) is 18.2 Å². The molecular formula is C20H30N4O2. The number of guanidine groups is 1. The number of rotatable bonds is 7. The highest BCUT2D eigenvalue weighted by atomic mass is 16.5. The van der Waals surface area contributed by atoms with Crippen LogP contribution in [-0.4, -0.2) is 56.5 Å². The molecule has 1 fully saturated rings. The second-order valence-electron chi connectivity index (χ2n) is 6.73. The van der Waals surface area contributed by atoms with E-state index in [-0.39, 0.29) is 5.60 Å². The van der Waals surface area contributed by atoms with Gasteiger partial charge in [0.1, 0.15) is 0 Å².